The molecule has 1 aliphatic rings. The molecule has 4 nitrogen and oxygen atoms in total. The van der Waals surface area contributed by atoms with Crippen LogP contribution in [0.15, 0.2) is 12.1 Å². The second-order valence-corrected chi connectivity index (χ2v) is 3.38. The lowest BCUT2D eigenvalue weighted by Gasteiger charge is -2.22. The van der Waals surface area contributed by atoms with Gasteiger partial charge in [0.2, 0.25) is 0 Å². The molecule has 0 amide bonds. The summed E-state index contributed by atoms with van der Waals surface area (Å²) < 4.78 is 16.0. The Morgan fingerprint density at radius 3 is 3.07 bits per heavy atom. The fourth-order valence-electron chi connectivity index (χ4n) is 1.74. The minimum atomic E-state index is 0.316. The molecule has 0 saturated heterocycles. The second kappa shape index (κ2) is 4.51. The van der Waals surface area contributed by atoms with E-state index in [1.807, 2.05) is 19.2 Å². The summed E-state index contributed by atoms with van der Waals surface area (Å²) in [5.74, 6) is 1.72. The number of hydrogen-bond donors (Lipinski definition) is 1. The second-order valence-electron chi connectivity index (χ2n) is 3.38. The van der Waals surface area contributed by atoms with E-state index in [1.54, 1.807) is 7.11 Å². The van der Waals surface area contributed by atoms with Gasteiger partial charge in [0.25, 0.3) is 0 Å². The van der Waals surface area contributed by atoms with Gasteiger partial charge in [-0.15, -0.1) is 0 Å². The molecule has 0 atom stereocenters. The summed E-state index contributed by atoms with van der Waals surface area (Å²) in [5.41, 5.74) is 2.13. The first-order valence-electron chi connectivity index (χ1n) is 4.90. The van der Waals surface area contributed by atoms with Gasteiger partial charge in [-0.2, -0.15) is 0 Å². The van der Waals surface area contributed by atoms with Crippen LogP contribution in [0.4, 0.5) is 0 Å². The average molecular weight is 209 g/mol. The maximum Gasteiger partial charge on any atom is 0.189 e. The lowest BCUT2D eigenvalue weighted by Crippen LogP contribution is -2.16. The molecule has 82 valence electrons. The van der Waals surface area contributed by atoms with E-state index in [-0.39, 0.29) is 0 Å². The van der Waals surface area contributed by atoms with Crippen LogP contribution in [0.5, 0.6) is 11.5 Å². The first-order valence-corrected chi connectivity index (χ1v) is 4.90. The van der Waals surface area contributed by atoms with Crippen molar-refractivity contribution in [2.75, 3.05) is 21.0 Å². The van der Waals surface area contributed by atoms with Crippen molar-refractivity contribution in [3.8, 4) is 11.5 Å². The molecule has 1 aliphatic heterocycles. The Hall–Kier alpha value is -1.26. The van der Waals surface area contributed by atoms with Gasteiger partial charge in [-0.1, -0.05) is 6.07 Å². The van der Waals surface area contributed by atoms with Crippen LogP contribution in [0.2, 0.25) is 0 Å². The van der Waals surface area contributed by atoms with Crippen molar-refractivity contribution >= 4 is 0 Å². The SMILES string of the molecule is CNCc1ccc(OC)c2c1OCOC2. The minimum Gasteiger partial charge on any atom is -0.496 e. The lowest BCUT2D eigenvalue weighted by molar-refractivity contribution is -0.0182. The van der Waals surface area contributed by atoms with Crippen LogP contribution in [0.3, 0.4) is 0 Å². The Bertz CT molecular complexity index is 352. The molecular weight excluding hydrogens is 194 g/mol. The first kappa shape index (κ1) is 10.3. The van der Waals surface area contributed by atoms with Gasteiger partial charge in [0, 0.05) is 12.1 Å². The zero-order valence-electron chi connectivity index (χ0n) is 9.00. The average Bonchev–Trinajstić information content (AvgIpc) is 2.30. The summed E-state index contributed by atoms with van der Waals surface area (Å²) in [7, 11) is 3.57. The summed E-state index contributed by atoms with van der Waals surface area (Å²) in [6.07, 6.45) is 0. The van der Waals surface area contributed by atoms with E-state index >= 15 is 0 Å². The summed E-state index contributed by atoms with van der Waals surface area (Å²) in [5, 5.41) is 3.11. The van der Waals surface area contributed by atoms with E-state index < -0.39 is 0 Å². The van der Waals surface area contributed by atoms with Crippen LogP contribution < -0.4 is 14.8 Å². The number of nitrogens with one attached hydrogen (secondary N) is 1. The van der Waals surface area contributed by atoms with E-state index in [9.17, 15) is 0 Å². The summed E-state index contributed by atoms with van der Waals surface area (Å²) >= 11 is 0. The smallest absolute Gasteiger partial charge is 0.189 e. The molecule has 1 heterocycles. The molecule has 1 aromatic rings. The van der Waals surface area contributed by atoms with Crippen molar-refractivity contribution in [2.24, 2.45) is 0 Å². The number of benzene rings is 1. The van der Waals surface area contributed by atoms with Crippen molar-refractivity contribution in [2.45, 2.75) is 13.2 Å². The van der Waals surface area contributed by atoms with Crippen LogP contribution >= 0.6 is 0 Å². The monoisotopic (exact) mass is 209 g/mol. The molecule has 0 radical (unpaired) electrons. The normalized spacial score (nSPS) is 14.3. The van der Waals surface area contributed by atoms with Crippen molar-refractivity contribution in [1.29, 1.82) is 0 Å². The number of fused-ring (bicyclic) bond motifs is 1. The molecule has 0 spiro atoms. The molecule has 2 rings (SSSR count). The highest BCUT2D eigenvalue weighted by Crippen LogP contribution is 2.35. The van der Waals surface area contributed by atoms with Crippen LogP contribution in [0.25, 0.3) is 0 Å². The summed E-state index contributed by atoms with van der Waals surface area (Å²) in [4.78, 5) is 0. The van der Waals surface area contributed by atoms with Gasteiger partial charge in [0.1, 0.15) is 11.5 Å². The number of hydrogen-bond acceptors (Lipinski definition) is 4. The number of rotatable bonds is 3. The van der Waals surface area contributed by atoms with Gasteiger partial charge >= 0.3 is 0 Å². The number of ether oxygens (including phenoxy) is 3. The third-order valence-corrected chi connectivity index (χ3v) is 2.42. The predicted octanol–water partition coefficient (Wildman–Crippen LogP) is 1.28. The molecule has 0 unspecified atom stereocenters. The van der Waals surface area contributed by atoms with Gasteiger partial charge in [0.15, 0.2) is 6.79 Å². The van der Waals surface area contributed by atoms with E-state index in [2.05, 4.69) is 5.32 Å². The summed E-state index contributed by atoms with van der Waals surface area (Å²) in [6, 6.07) is 3.96. The molecule has 0 fully saturated rings. The molecule has 0 bridgehead atoms. The zero-order chi connectivity index (χ0) is 10.7. The highest BCUT2D eigenvalue weighted by atomic mass is 16.7. The Labute approximate surface area is 89.1 Å². The predicted molar refractivity (Wildman–Crippen MR) is 56.0 cm³/mol. The third-order valence-electron chi connectivity index (χ3n) is 2.42. The van der Waals surface area contributed by atoms with Crippen molar-refractivity contribution in [3.63, 3.8) is 0 Å². The summed E-state index contributed by atoms with van der Waals surface area (Å²) in [6.45, 7) is 1.65. The molecule has 0 aromatic heterocycles. The van der Waals surface area contributed by atoms with Crippen molar-refractivity contribution in [1.82, 2.24) is 5.32 Å². The Balaban J connectivity index is 2.42. The first-order chi connectivity index (χ1) is 7.36. The van der Waals surface area contributed by atoms with E-state index in [4.69, 9.17) is 14.2 Å². The Morgan fingerprint density at radius 2 is 2.33 bits per heavy atom. The fourth-order valence-corrected chi connectivity index (χ4v) is 1.74. The fraction of sp³-hybridized carbons (Fsp3) is 0.455. The topological polar surface area (TPSA) is 39.7 Å². The standard InChI is InChI=1S/C11H15NO3/c1-12-5-8-3-4-10(13-2)9-6-14-7-15-11(8)9/h3-4,12H,5-7H2,1-2H3. The van der Waals surface area contributed by atoms with Gasteiger partial charge in [-0.05, 0) is 13.1 Å². The highest BCUT2D eigenvalue weighted by Gasteiger charge is 2.18. The third kappa shape index (κ3) is 1.91. The van der Waals surface area contributed by atoms with Gasteiger partial charge in [-0.25, -0.2) is 0 Å². The van der Waals surface area contributed by atoms with Crippen LogP contribution in [-0.4, -0.2) is 21.0 Å². The van der Waals surface area contributed by atoms with E-state index in [1.165, 1.54) is 0 Å². The molecule has 4 heteroatoms. The van der Waals surface area contributed by atoms with Crippen LogP contribution in [0.1, 0.15) is 11.1 Å². The number of methoxy groups -OCH3 is 1. The van der Waals surface area contributed by atoms with Crippen molar-refractivity contribution < 1.29 is 14.2 Å². The largest absolute Gasteiger partial charge is 0.496 e. The van der Waals surface area contributed by atoms with Crippen LogP contribution in [-0.2, 0) is 17.9 Å². The molecule has 15 heavy (non-hydrogen) atoms. The Morgan fingerprint density at radius 1 is 1.47 bits per heavy atom. The molecule has 0 aliphatic carbocycles. The van der Waals surface area contributed by atoms with Crippen molar-refractivity contribution in [3.05, 3.63) is 23.3 Å². The van der Waals surface area contributed by atoms with E-state index in [0.29, 0.717) is 13.4 Å². The van der Waals surface area contributed by atoms with Gasteiger partial charge < -0.3 is 19.5 Å². The van der Waals surface area contributed by atoms with Gasteiger partial charge in [0.05, 0.1) is 19.3 Å². The maximum atomic E-state index is 5.51. The highest BCUT2D eigenvalue weighted by molar-refractivity contribution is 5.50. The molecule has 0 saturated carbocycles. The minimum absolute atomic E-state index is 0.316. The molecule has 1 N–H and O–H groups in total. The Kier molecular flexibility index (Phi) is 3.08. The van der Waals surface area contributed by atoms with Crippen LogP contribution in [0, 0.1) is 0 Å². The van der Waals surface area contributed by atoms with Gasteiger partial charge in [-0.3, -0.25) is 0 Å². The molecule has 1 aromatic carbocycles. The van der Waals surface area contributed by atoms with E-state index in [0.717, 1.165) is 29.2 Å². The quantitative estimate of drug-likeness (QED) is 0.814. The zero-order valence-corrected chi connectivity index (χ0v) is 9.00. The maximum absolute atomic E-state index is 5.51. The lowest BCUT2D eigenvalue weighted by atomic mass is 10.1. The molecular formula is C11H15NO3.